The average molecular weight is 242 g/mol. The lowest BCUT2D eigenvalue weighted by atomic mass is 10.2. The van der Waals surface area contributed by atoms with Crippen LogP contribution in [0.1, 0.15) is 18.9 Å². The summed E-state index contributed by atoms with van der Waals surface area (Å²) in [7, 11) is 3.81. The largest absolute Gasteiger partial charge is 0.496 e. The summed E-state index contributed by atoms with van der Waals surface area (Å²) in [5.74, 6) is 0.952. The predicted octanol–water partition coefficient (Wildman–Crippen LogP) is 3.14. The molecule has 0 radical (unpaired) electrons. The van der Waals surface area contributed by atoms with Crippen LogP contribution in [0.3, 0.4) is 0 Å². The zero-order valence-electron chi connectivity index (χ0n) is 10.2. The molecule has 1 atom stereocenters. The third-order valence-electron chi connectivity index (χ3n) is 2.54. The fourth-order valence-corrected chi connectivity index (χ4v) is 1.70. The minimum Gasteiger partial charge on any atom is -0.496 e. The van der Waals surface area contributed by atoms with E-state index in [4.69, 9.17) is 16.3 Å². The van der Waals surface area contributed by atoms with E-state index in [0.29, 0.717) is 0 Å². The van der Waals surface area contributed by atoms with Gasteiger partial charge in [-0.15, -0.1) is 11.6 Å². The van der Waals surface area contributed by atoms with Crippen molar-refractivity contribution in [2.24, 2.45) is 0 Å². The highest BCUT2D eigenvalue weighted by Crippen LogP contribution is 2.18. The zero-order chi connectivity index (χ0) is 12.0. The van der Waals surface area contributed by atoms with Gasteiger partial charge in [-0.25, -0.2) is 0 Å². The lowest BCUT2D eigenvalue weighted by Crippen LogP contribution is -2.21. The molecule has 0 spiro atoms. The number of methoxy groups -OCH3 is 1. The third kappa shape index (κ3) is 4.42. The Balaban J connectivity index is 2.51. The van der Waals surface area contributed by atoms with Crippen molar-refractivity contribution >= 4 is 11.6 Å². The Bertz CT molecular complexity index is 315. The Labute approximate surface area is 103 Å². The summed E-state index contributed by atoms with van der Waals surface area (Å²) >= 11 is 5.93. The van der Waals surface area contributed by atoms with Gasteiger partial charge in [-0.3, -0.25) is 0 Å². The van der Waals surface area contributed by atoms with E-state index in [0.717, 1.165) is 25.3 Å². The van der Waals surface area contributed by atoms with Gasteiger partial charge in [0.2, 0.25) is 0 Å². The summed E-state index contributed by atoms with van der Waals surface area (Å²) in [6, 6.07) is 8.12. The van der Waals surface area contributed by atoms with Crippen molar-refractivity contribution in [2.75, 3.05) is 20.7 Å². The molecule has 0 aromatic heterocycles. The lowest BCUT2D eigenvalue weighted by Gasteiger charge is -2.18. The van der Waals surface area contributed by atoms with Gasteiger partial charge in [0.15, 0.2) is 0 Å². The second-order valence-electron chi connectivity index (χ2n) is 4.12. The van der Waals surface area contributed by atoms with Crippen LogP contribution >= 0.6 is 11.6 Å². The van der Waals surface area contributed by atoms with E-state index >= 15 is 0 Å². The molecule has 0 saturated carbocycles. The molecule has 3 heteroatoms. The lowest BCUT2D eigenvalue weighted by molar-refractivity contribution is 0.313. The van der Waals surface area contributed by atoms with E-state index in [9.17, 15) is 0 Å². The van der Waals surface area contributed by atoms with Gasteiger partial charge in [0, 0.05) is 17.5 Å². The Hall–Kier alpha value is -0.730. The topological polar surface area (TPSA) is 12.5 Å². The predicted molar refractivity (Wildman–Crippen MR) is 69.3 cm³/mol. The maximum absolute atomic E-state index is 5.93. The molecule has 1 rings (SSSR count). The summed E-state index contributed by atoms with van der Waals surface area (Å²) in [6.45, 7) is 3.93. The van der Waals surface area contributed by atoms with Crippen molar-refractivity contribution in [3.63, 3.8) is 0 Å². The molecule has 0 saturated heterocycles. The number of hydrogen-bond donors (Lipinski definition) is 0. The van der Waals surface area contributed by atoms with E-state index in [1.54, 1.807) is 7.11 Å². The summed E-state index contributed by atoms with van der Waals surface area (Å²) in [5.41, 5.74) is 1.22. The van der Waals surface area contributed by atoms with Gasteiger partial charge in [0.05, 0.1) is 7.11 Å². The minimum atomic E-state index is 0.236. The molecule has 0 heterocycles. The van der Waals surface area contributed by atoms with Gasteiger partial charge >= 0.3 is 0 Å². The van der Waals surface area contributed by atoms with Crippen molar-refractivity contribution in [2.45, 2.75) is 25.3 Å². The molecular formula is C13H20ClNO. The van der Waals surface area contributed by atoms with Gasteiger partial charge in [-0.05, 0) is 33.0 Å². The van der Waals surface area contributed by atoms with Crippen LogP contribution in [0.4, 0.5) is 0 Å². The third-order valence-corrected chi connectivity index (χ3v) is 2.76. The molecule has 0 fully saturated rings. The molecule has 1 aromatic rings. The second kappa shape index (κ2) is 6.77. The van der Waals surface area contributed by atoms with Gasteiger partial charge in [0.1, 0.15) is 5.75 Å². The number of nitrogens with zero attached hydrogens (tertiary/aromatic N) is 1. The molecule has 16 heavy (non-hydrogen) atoms. The fourth-order valence-electron chi connectivity index (χ4n) is 1.60. The Morgan fingerprint density at radius 3 is 2.69 bits per heavy atom. The first-order chi connectivity index (χ1) is 7.63. The van der Waals surface area contributed by atoms with Gasteiger partial charge in [-0.2, -0.15) is 0 Å². The zero-order valence-corrected chi connectivity index (χ0v) is 11.0. The first kappa shape index (κ1) is 13.3. The van der Waals surface area contributed by atoms with Gasteiger partial charge in [-0.1, -0.05) is 18.2 Å². The average Bonchev–Trinajstić information content (AvgIpc) is 2.27. The van der Waals surface area contributed by atoms with Crippen LogP contribution in [0, 0.1) is 0 Å². The summed E-state index contributed by atoms with van der Waals surface area (Å²) < 4.78 is 5.32. The highest BCUT2D eigenvalue weighted by Gasteiger charge is 2.06. The van der Waals surface area contributed by atoms with Crippen molar-refractivity contribution in [3.8, 4) is 5.75 Å². The van der Waals surface area contributed by atoms with E-state index in [1.165, 1.54) is 5.56 Å². The minimum absolute atomic E-state index is 0.236. The van der Waals surface area contributed by atoms with Crippen LogP contribution in [0.25, 0.3) is 0 Å². The Morgan fingerprint density at radius 1 is 1.38 bits per heavy atom. The van der Waals surface area contributed by atoms with Crippen LogP contribution in [-0.2, 0) is 6.54 Å². The molecule has 2 nitrogen and oxygen atoms in total. The number of para-hydroxylation sites is 1. The number of benzene rings is 1. The molecule has 90 valence electrons. The summed E-state index contributed by atoms with van der Waals surface area (Å²) in [4.78, 5) is 2.26. The highest BCUT2D eigenvalue weighted by molar-refractivity contribution is 6.20. The van der Waals surface area contributed by atoms with E-state index in [2.05, 4.69) is 18.0 Å². The highest BCUT2D eigenvalue weighted by atomic mass is 35.5. The summed E-state index contributed by atoms with van der Waals surface area (Å²) in [5, 5.41) is 0.236. The maximum Gasteiger partial charge on any atom is 0.123 e. The van der Waals surface area contributed by atoms with Crippen molar-refractivity contribution in [1.29, 1.82) is 0 Å². The van der Waals surface area contributed by atoms with Crippen molar-refractivity contribution in [3.05, 3.63) is 29.8 Å². The molecule has 0 bridgehead atoms. The molecule has 0 N–H and O–H groups in total. The van der Waals surface area contributed by atoms with Crippen molar-refractivity contribution < 1.29 is 4.74 Å². The molecule has 0 aliphatic rings. The van der Waals surface area contributed by atoms with Crippen LogP contribution in [-0.4, -0.2) is 31.0 Å². The number of rotatable bonds is 6. The Morgan fingerprint density at radius 2 is 2.06 bits per heavy atom. The van der Waals surface area contributed by atoms with Crippen LogP contribution < -0.4 is 4.74 Å². The SMILES string of the molecule is COc1ccccc1CN(C)CCC(C)Cl. The van der Waals surface area contributed by atoms with E-state index < -0.39 is 0 Å². The standard InChI is InChI=1S/C13H20ClNO/c1-11(14)8-9-15(2)10-12-6-4-5-7-13(12)16-3/h4-7,11H,8-10H2,1-3H3. The molecule has 0 aliphatic carbocycles. The van der Waals surface area contributed by atoms with Gasteiger partial charge in [0.25, 0.3) is 0 Å². The fraction of sp³-hybridized carbons (Fsp3) is 0.538. The van der Waals surface area contributed by atoms with Gasteiger partial charge < -0.3 is 9.64 Å². The summed E-state index contributed by atoms with van der Waals surface area (Å²) in [6.07, 6.45) is 1.01. The molecule has 0 aliphatic heterocycles. The normalized spacial score (nSPS) is 12.8. The number of alkyl halides is 1. The van der Waals surface area contributed by atoms with E-state index in [-0.39, 0.29) is 5.38 Å². The second-order valence-corrected chi connectivity index (χ2v) is 4.86. The quantitative estimate of drug-likeness (QED) is 0.710. The first-order valence-electron chi connectivity index (χ1n) is 5.58. The molecule has 0 amide bonds. The van der Waals surface area contributed by atoms with Crippen molar-refractivity contribution in [1.82, 2.24) is 4.90 Å². The smallest absolute Gasteiger partial charge is 0.123 e. The number of halogens is 1. The molecule has 1 aromatic carbocycles. The van der Waals surface area contributed by atoms with E-state index in [1.807, 2.05) is 25.1 Å². The monoisotopic (exact) mass is 241 g/mol. The maximum atomic E-state index is 5.93. The number of hydrogen-bond acceptors (Lipinski definition) is 2. The number of ether oxygens (including phenoxy) is 1. The molecule has 1 unspecified atom stereocenters. The Kier molecular flexibility index (Phi) is 5.64. The van der Waals surface area contributed by atoms with Crippen LogP contribution in [0.15, 0.2) is 24.3 Å². The first-order valence-corrected chi connectivity index (χ1v) is 6.01. The van der Waals surface area contributed by atoms with Crippen LogP contribution in [0.2, 0.25) is 0 Å². The van der Waals surface area contributed by atoms with Crippen LogP contribution in [0.5, 0.6) is 5.75 Å². The molecular weight excluding hydrogens is 222 g/mol.